The molecule has 0 aromatic heterocycles. The van der Waals surface area contributed by atoms with Crippen molar-refractivity contribution < 1.29 is 4.79 Å². The second-order valence-corrected chi connectivity index (χ2v) is 6.08. The highest BCUT2D eigenvalue weighted by Gasteiger charge is 2.30. The third-order valence-electron chi connectivity index (χ3n) is 4.02. The van der Waals surface area contributed by atoms with Crippen molar-refractivity contribution in [1.29, 1.82) is 0 Å². The normalized spacial score (nSPS) is 26.9. The van der Waals surface area contributed by atoms with Gasteiger partial charge in [-0.05, 0) is 25.2 Å². The van der Waals surface area contributed by atoms with Crippen LogP contribution in [0.5, 0.6) is 0 Å². The molecular weight excluding hydrogens is 212 g/mol. The van der Waals surface area contributed by atoms with Crippen molar-refractivity contribution in [2.24, 2.45) is 5.92 Å². The van der Waals surface area contributed by atoms with Crippen LogP contribution in [-0.4, -0.2) is 36.0 Å². The van der Waals surface area contributed by atoms with E-state index in [1.807, 2.05) is 0 Å². The Bertz CT molecular complexity index is 259. The highest BCUT2D eigenvalue weighted by Crippen LogP contribution is 2.26. The molecule has 1 N–H and O–H groups in total. The van der Waals surface area contributed by atoms with Crippen molar-refractivity contribution in [1.82, 2.24) is 10.2 Å². The van der Waals surface area contributed by atoms with E-state index in [1.165, 1.54) is 32.2 Å². The Morgan fingerprint density at radius 3 is 2.65 bits per heavy atom. The number of carbonyl (C=O) groups excluding carboxylic acids is 1. The Hall–Kier alpha value is -0.570. The van der Waals surface area contributed by atoms with Gasteiger partial charge in [0.25, 0.3) is 0 Å². The number of rotatable bonds is 4. The summed E-state index contributed by atoms with van der Waals surface area (Å²) in [6, 6.07) is 1.21. The van der Waals surface area contributed by atoms with E-state index in [4.69, 9.17) is 0 Å². The smallest absolute Gasteiger partial charge is 0.220 e. The first-order chi connectivity index (χ1) is 8.15. The molecule has 0 spiro atoms. The van der Waals surface area contributed by atoms with E-state index in [9.17, 15) is 4.79 Å². The number of carbonyl (C=O) groups is 1. The first kappa shape index (κ1) is 12.9. The lowest BCUT2D eigenvalue weighted by molar-refractivity contribution is -0.122. The largest absolute Gasteiger partial charge is 0.352 e. The Kier molecular flexibility index (Phi) is 4.43. The topological polar surface area (TPSA) is 32.3 Å². The Labute approximate surface area is 105 Å². The summed E-state index contributed by atoms with van der Waals surface area (Å²) in [5, 5.41) is 3.18. The van der Waals surface area contributed by atoms with Gasteiger partial charge in [0.1, 0.15) is 0 Å². The first-order valence-electron chi connectivity index (χ1n) is 7.18. The summed E-state index contributed by atoms with van der Waals surface area (Å²) >= 11 is 0. The molecule has 17 heavy (non-hydrogen) atoms. The summed E-state index contributed by atoms with van der Waals surface area (Å²) in [6.07, 6.45) is 7.33. The van der Waals surface area contributed by atoms with Gasteiger partial charge in [0, 0.05) is 31.6 Å². The highest BCUT2D eigenvalue weighted by atomic mass is 16.1. The van der Waals surface area contributed by atoms with E-state index in [2.05, 4.69) is 24.1 Å². The van der Waals surface area contributed by atoms with E-state index in [0.717, 1.165) is 19.0 Å². The number of hydrogen-bond donors (Lipinski definition) is 1. The number of amides is 1. The van der Waals surface area contributed by atoms with Crippen LogP contribution in [0, 0.1) is 5.92 Å². The summed E-state index contributed by atoms with van der Waals surface area (Å²) in [4.78, 5) is 14.3. The third-order valence-corrected chi connectivity index (χ3v) is 4.02. The quantitative estimate of drug-likeness (QED) is 0.814. The number of nitrogens with one attached hydrogen (secondary N) is 1. The predicted octanol–water partition coefficient (Wildman–Crippen LogP) is 2.17. The maximum Gasteiger partial charge on any atom is 0.220 e. The standard InChI is InChI=1S/C14H26N2O/c1-11(2)9-14(17)15-12-7-8-16(10-12)13-5-3-4-6-13/h11-13H,3-10H2,1-2H3,(H,15,17). The monoisotopic (exact) mass is 238 g/mol. The molecule has 3 nitrogen and oxygen atoms in total. The van der Waals surface area contributed by atoms with E-state index >= 15 is 0 Å². The second kappa shape index (κ2) is 5.85. The maximum atomic E-state index is 11.7. The van der Waals surface area contributed by atoms with Gasteiger partial charge in [0.2, 0.25) is 5.91 Å². The first-order valence-corrected chi connectivity index (χ1v) is 7.18. The molecule has 0 aromatic rings. The van der Waals surface area contributed by atoms with Crippen LogP contribution < -0.4 is 5.32 Å². The van der Waals surface area contributed by atoms with Crippen molar-refractivity contribution >= 4 is 5.91 Å². The summed E-state index contributed by atoms with van der Waals surface area (Å²) in [5.74, 6) is 0.695. The second-order valence-electron chi connectivity index (χ2n) is 6.08. The van der Waals surface area contributed by atoms with E-state index in [0.29, 0.717) is 18.4 Å². The zero-order valence-corrected chi connectivity index (χ0v) is 11.2. The molecule has 1 unspecified atom stereocenters. The molecule has 1 atom stereocenters. The van der Waals surface area contributed by atoms with Gasteiger partial charge in [0.15, 0.2) is 0 Å². The van der Waals surface area contributed by atoms with Crippen LogP contribution >= 0.6 is 0 Å². The average molecular weight is 238 g/mol. The predicted molar refractivity (Wildman–Crippen MR) is 69.8 cm³/mol. The molecule has 1 saturated heterocycles. The Morgan fingerprint density at radius 1 is 1.29 bits per heavy atom. The lowest BCUT2D eigenvalue weighted by Gasteiger charge is -2.23. The number of hydrogen-bond acceptors (Lipinski definition) is 2. The average Bonchev–Trinajstić information content (AvgIpc) is 2.84. The molecule has 1 heterocycles. The molecular formula is C14H26N2O. The Balaban J connectivity index is 1.72. The van der Waals surface area contributed by atoms with Gasteiger partial charge in [-0.15, -0.1) is 0 Å². The zero-order valence-electron chi connectivity index (χ0n) is 11.2. The van der Waals surface area contributed by atoms with Gasteiger partial charge >= 0.3 is 0 Å². The fourth-order valence-corrected chi connectivity index (χ4v) is 3.16. The van der Waals surface area contributed by atoms with Crippen LogP contribution in [0.4, 0.5) is 0 Å². The van der Waals surface area contributed by atoms with Gasteiger partial charge in [0.05, 0.1) is 0 Å². The molecule has 0 radical (unpaired) electrons. The highest BCUT2D eigenvalue weighted by molar-refractivity contribution is 5.76. The van der Waals surface area contributed by atoms with Crippen LogP contribution in [0.3, 0.4) is 0 Å². The molecule has 0 aromatic carbocycles. The van der Waals surface area contributed by atoms with E-state index < -0.39 is 0 Å². The fourth-order valence-electron chi connectivity index (χ4n) is 3.16. The molecule has 2 aliphatic rings. The SMILES string of the molecule is CC(C)CC(=O)NC1CCN(C2CCCC2)C1. The van der Waals surface area contributed by atoms with Crippen LogP contribution in [0.1, 0.15) is 52.4 Å². The summed E-state index contributed by atoms with van der Waals surface area (Å²) in [5.41, 5.74) is 0. The van der Waals surface area contributed by atoms with Crippen molar-refractivity contribution in [3.8, 4) is 0 Å². The van der Waals surface area contributed by atoms with Crippen LogP contribution in [0.25, 0.3) is 0 Å². The Morgan fingerprint density at radius 2 is 2.00 bits per heavy atom. The molecule has 98 valence electrons. The molecule has 2 fully saturated rings. The van der Waals surface area contributed by atoms with Gasteiger partial charge in [-0.25, -0.2) is 0 Å². The molecule has 3 heteroatoms. The van der Waals surface area contributed by atoms with Crippen molar-refractivity contribution in [3.63, 3.8) is 0 Å². The third kappa shape index (κ3) is 3.70. The minimum atomic E-state index is 0.235. The van der Waals surface area contributed by atoms with Crippen LogP contribution in [0.2, 0.25) is 0 Å². The molecule has 1 amide bonds. The molecule has 1 aliphatic heterocycles. The molecule has 1 aliphatic carbocycles. The van der Waals surface area contributed by atoms with Gasteiger partial charge in [-0.1, -0.05) is 26.7 Å². The molecule has 1 saturated carbocycles. The lowest BCUT2D eigenvalue weighted by atomic mass is 10.1. The number of nitrogens with zero attached hydrogens (tertiary/aromatic N) is 1. The van der Waals surface area contributed by atoms with Crippen molar-refractivity contribution in [2.45, 2.75) is 64.5 Å². The minimum absolute atomic E-state index is 0.235. The minimum Gasteiger partial charge on any atom is -0.352 e. The van der Waals surface area contributed by atoms with E-state index in [-0.39, 0.29) is 5.91 Å². The summed E-state index contributed by atoms with van der Waals surface area (Å²) in [6.45, 7) is 6.45. The maximum absolute atomic E-state index is 11.7. The summed E-state index contributed by atoms with van der Waals surface area (Å²) < 4.78 is 0. The molecule has 0 bridgehead atoms. The zero-order chi connectivity index (χ0) is 12.3. The molecule has 2 rings (SSSR count). The van der Waals surface area contributed by atoms with Crippen LogP contribution in [-0.2, 0) is 4.79 Å². The van der Waals surface area contributed by atoms with Gasteiger partial charge < -0.3 is 5.32 Å². The van der Waals surface area contributed by atoms with Gasteiger partial charge in [-0.3, -0.25) is 9.69 Å². The van der Waals surface area contributed by atoms with Crippen molar-refractivity contribution in [2.75, 3.05) is 13.1 Å². The fraction of sp³-hybridized carbons (Fsp3) is 0.929. The van der Waals surface area contributed by atoms with Gasteiger partial charge in [-0.2, -0.15) is 0 Å². The van der Waals surface area contributed by atoms with Crippen molar-refractivity contribution in [3.05, 3.63) is 0 Å². The van der Waals surface area contributed by atoms with E-state index in [1.54, 1.807) is 0 Å². The van der Waals surface area contributed by atoms with Crippen LogP contribution in [0.15, 0.2) is 0 Å². The number of likely N-dealkylation sites (tertiary alicyclic amines) is 1. The summed E-state index contributed by atoms with van der Waals surface area (Å²) in [7, 11) is 0. The lowest BCUT2D eigenvalue weighted by Crippen LogP contribution is -2.39.